The van der Waals surface area contributed by atoms with Gasteiger partial charge in [0.05, 0.1) is 27.6 Å². The first-order valence-electron chi connectivity index (χ1n) is 10.3. The van der Waals surface area contributed by atoms with E-state index in [-0.39, 0.29) is 29.9 Å². The molecule has 4 rings (SSSR count). The van der Waals surface area contributed by atoms with E-state index in [1.807, 2.05) is 24.3 Å². The van der Waals surface area contributed by atoms with Crippen LogP contribution in [0, 0.1) is 5.92 Å². The van der Waals surface area contributed by atoms with Crippen molar-refractivity contribution in [1.29, 1.82) is 0 Å². The Morgan fingerprint density at radius 3 is 2.66 bits per heavy atom. The van der Waals surface area contributed by atoms with Crippen molar-refractivity contribution >= 4 is 48.6 Å². The molecule has 1 fully saturated rings. The zero-order chi connectivity index (χ0) is 22.7. The Morgan fingerprint density at radius 2 is 1.94 bits per heavy atom. The molecule has 0 radical (unpaired) electrons. The number of fused-ring (bicyclic) bond motifs is 1. The molecule has 1 amide bonds. The van der Waals surface area contributed by atoms with Crippen LogP contribution in [0.3, 0.4) is 0 Å². The molecule has 2 aromatic carbocycles. The first-order valence-corrected chi connectivity index (χ1v) is 12.6. The number of aromatic nitrogens is 1. The number of piperidine rings is 1. The van der Waals surface area contributed by atoms with Crippen molar-refractivity contribution in [2.45, 2.75) is 24.7 Å². The van der Waals surface area contributed by atoms with Crippen LogP contribution in [0.4, 0.5) is 5.13 Å². The summed E-state index contributed by atoms with van der Waals surface area (Å²) < 4.78 is 33.4. The molecule has 0 aliphatic carbocycles. The minimum absolute atomic E-state index is 0.0820. The maximum absolute atomic E-state index is 13.0. The Kier molecular flexibility index (Phi) is 6.54. The van der Waals surface area contributed by atoms with Gasteiger partial charge in [-0.05, 0) is 56.2 Å². The average Bonchev–Trinajstić information content (AvgIpc) is 3.21. The molecule has 1 saturated heterocycles. The maximum atomic E-state index is 13.0. The van der Waals surface area contributed by atoms with E-state index in [0.29, 0.717) is 30.1 Å². The lowest BCUT2D eigenvalue weighted by Gasteiger charge is -2.30. The van der Waals surface area contributed by atoms with E-state index in [4.69, 9.17) is 4.74 Å². The average molecular weight is 474 g/mol. The molecule has 0 spiro atoms. The van der Waals surface area contributed by atoms with Crippen molar-refractivity contribution in [3.05, 3.63) is 54.1 Å². The number of carbonyl (C=O) groups excluding carboxylic acids is 2. The van der Waals surface area contributed by atoms with Crippen molar-refractivity contribution in [2.75, 3.05) is 25.0 Å². The van der Waals surface area contributed by atoms with Gasteiger partial charge in [0.25, 0.3) is 5.91 Å². The second-order valence-corrected chi connectivity index (χ2v) is 10.4. The molecule has 0 saturated carbocycles. The van der Waals surface area contributed by atoms with Crippen LogP contribution in [0.15, 0.2) is 53.4 Å². The fraction of sp³-hybridized carbons (Fsp3) is 0.318. The number of esters is 1. The van der Waals surface area contributed by atoms with E-state index in [1.165, 1.54) is 39.9 Å². The van der Waals surface area contributed by atoms with E-state index in [0.717, 1.165) is 10.2 Å². The molecule has 1 aliphatic rings. The number of nitrogens with zero attached hydrogens (tertiary/aromatic N) is 2. The van der Waals surface area contributed by atoms with E-state index >= 15 is 0 Å². The van der Waals surface area contributed by atoms with Gasteiger partial charge in [0.15, 0.2) is 5.13 Å². The van der Waals surface area contributed by atoms with Crippen molar-refractivity contribution in [1.82, 2.24) is 9.29 Å². The summed E-state index contributed by atoms with van der Waals surface area (Å²) in [5.41, 5.74) is 1.13. The molecule has 2 heterocycles. The quantitative estimate of drug-likeness (QED) is 0.549. The third-order valence-electron chi connectivity index (χ3n) is 5.27. The number of sulfonamides is 1. The zero-order valence-electron chi connectivity index (χ0n) is 17.5. The maximum Gasteiger partial charge on any atom is 0.310 e. The van der Waals surface area contributed by atoms with Crippen LogP contribution < -0.4 is 5.32 Å². The Balaban J connectivity index is 1.46. The van der Waals surface area contributed by atoms with Gasteiger partial charge in [-0.15, -0.1) is 0 Å². The molecule has 10 heteroatoms. The molecule has 1 N–H and O–H groups in total. The van der Waals surface area contributed by atoms with Gasteiger partial charge in [-0.2, -0.15) is 4.31 Å². The van der Waals surface area contributed by atoms with Crippen LogP contribution in [0.2, 0.25) is 0 Å². The molecular weight excluding hydrogens is 450 g/mol. The van der Waals surface area contributed by atoms with Crippen LogP contribution >= 0.6 is 11.3 Å². The van der Waals surface area contributed by atoms with Crippen molar-refractivity contribution in [2.24, 2.45) is 5.92 Å². The topological polar surface area (TPSA) is 106 Å². The third-order valence-corrected chi connectivity index (χ3v) is 8.10. The molecule has 8 nitrogen and oxygen atoms in total. The van der Waals surface area contributed by atoms with Gasteiger partial charge in [-0.25, -0.2) is 13.4 Å². The number of anilines is 1. The lowest BCUT2D eigenvalue weighted by molar-refractivity contribution is -0.149. The summed E-state index contributed by atoms with van der Waals surface area (Å²) in [7, 11) is -3.78. The third kappa shape index (κ3) is 4.67. The van der Waals surface area contributed by atoms with E-state index in [9.17, 15) is 18.0 Å². The minimum Gasteiger partial charge on any atom is -0.466 e. The van der Waals surface area contributed by atoms with Crippen LogP contribution in [-0.2, 0) is 19.6 Å². The standard InChI is InChI=1S/C22H23N3O5S2/c1-2-30-21(27)16-6-5-13-25(14-16)32(28,29)17-11-9-15(10-12-17)20(26)24-22-23-18-7-3-4-8-19(18)31-22/h3-4,7-12,16H,2,5-6,13-14H2,1H3,(H,23,24,26). The number of para-hydroxylation sites is 1. The summed E-state index contributed by atoms with van der Waals surface area (Å²) in [5, 5.41) is 3.23. The van der Waals surface area contributed by atoms with Crippen molar-refractivity contribution < 1.29 is 22.7 Å². The van der Waals surface area contributed by atoms with E-state index in [1.54, 1.807) is 6.92 Å². The zero-order valence-corrected chi connectivity index (χ0v) is 19.1. The molecular formula is C22H23N3O5S2. The largest absolute Gasteiger partial charge is 0.466 e. The molecule has 32 heavy (non-hydrogen) atoms. The molecule has 0 bridgehead atoms. The molecule has 1 unspecified atom stereocenters. The predicted octanol–water partition coefficient (Wildman–Crippen LogP) is 3.51. The van der Waals surface area contributed by atoms with E-state index in [2.05, 4.69) is 10.3 Å². The Bertz CT molecular complexity index is 1200. The predicted molar refractivity (Wildman–Crippen MR) is 122 cm³/mol. The molecule has 1 aliphatic heterocycles. The van der Waals surface area contributed by atoms with E-state index < -0.39 is 15.9 Å². The van der Waals surface area contributed by atoms with Crippen molar-refractivity contribution in [3.8, 4) is 0 Å². The number of carbonyl (C=O) groups is 2. The van der Waals surface area contributed by atoms with Gasteiger partial charge < -0.3 is 4.74 Å². The number of hydrogen-bond acceptors (Lipinski definition) is 7. The molecule has 1 aromatic heterocycles. The Hall–Kier alpha value is -2.82. The normalized spacial score (nSPS) is 17.2. The lowest BCUT2D eigenvalue weighted by Crippen LogP contribution is -2.42. The number of ether oxygens (including phenoxy) is 1. The number of hydrogen-bond donors (Lipinski definition) is 1. The second kappa shape index (κ2) is 9.35. The van der Waals surface area contributed by atoms with Crippen LogP contribution in [-0.4, -0.2) is 49.3 Å². The summed E-state index contributed by atoms with van der Waals surface area (Å²) in [6, 6.07) is 13.4. The summed E-state index contributed by atoms with van der Waals surface area (Å²) in [6.45, 7) is 2.44. The van der Waals surface area contributed by atoms with Gasteiger partial charge >= 0.3 is 5.97 Å². The minimum atomic E-state index is -3.78. The van der Waals surface area contributed by atoms with Gasteiger partial charge in [-0.1, -0.05) is 23.5 Å². The lowest BCUT2D eigenvalue weighted by atomic mass is 10.0. The summed E-state index contributed by atoms with van der Waals surface area (Å²) >= 11 is 1.37. The fourth-order valence-electron chi connectivity index (χ4n) is 3.64. The highest BCUT2D eigenvalue weighted by Gasteiger charge is 2.34. The van der Waals surface area contributed by atoms with Gasteiger partial charge in [0.1, 0.15) is 0 Å². The summed E-state index contributed by atoms with van der Waals surface area (Å²) in [5.74, 6) is -1.19. The van der Waals surface area contributed by atoms with Crippen molar-refractivity contribution in [3.63, 3.8) is 0 Å². The molecule has 1 atom stereocenters. The number of amides is 1. The summed E-state index contributed by atoms with van der Waals surface area (Å²) in [6.07, 6.45) is 1.20. The summed E-state index contributed by atoms with van der Waals surface area (Å²) in [4.78, 5) is 29.1. The molecule has 168 valence electrons. The van der Waals surface area contributed by atoms with Gasteiger partial charge in [0.2, 0.25) is 10.0 Å². The van der Waals surface area contributed by atoms with Gasteiger partial charge in [0, 0.05) is 18.7 Å². The number of nitrogens with one attached hydrogen (secondary N) is 1. The molecule has 3 aromatic rings. The SMILES string of the molecule is CCOC(=O)C1CCCN(S(=O)(=O)c2ccc(C(=O)Nc3nc4ccccc4s3)cc2)C1. The Morgan fingerprint density at radius 1 is 1.19 bits per heavy atom. The highest BCUT2D eigenvalue weighted by Crippen LogP contribution is 2.27. The second-order valence-electron chi connectivity index (χ2n) is 7.42. The number of rotatable bonds is 6. The first-order chi connectivity index (χ1) is 15.4. The van der Waals surface area contributed by atoms with Gasteiger partial charge in [-0.3, -0.25) is 14.9 Å². The first kappa shape index (κ1) is 22.4. The van der Waals surface area contributed by atoms with Crippen LogP contribution in [0.5, 0.6) is 0 Å². The highest BCUT2D eigenvalue weighted by atomic mass is 32.2. The van der Waals surface area contributed by atoms with Crippen LogP contribution in [0.1, 0.15) is 30.1 Å². The smallest absolute Gasteiger partial charge is 0.310 e. The Labute approximate surface area is 190 Å². The fourth-order valence-corrected chi connectivity index (χ4v) is 6.02. The monoisotopic (exact) mass is 473 g/mol. The van der Waals surface area contributed by atoms with Crippen LogP contribution in [0.25, 0.3) is 10.2 Å². The number of benzene rings is 2. The number of thiazole rings is 1. The highest BCUT2D eigenvalue weighted by molar-refractivity contribution is 7.89.